The number of fused-ring (bicyclic) bond motifs is 2. The number of benzene rings is 2. The van der Waals surface area contributed by atoms with Gasteiger partial charge in [-0.2, -0.15) is 0 Å². The molecule has 2 atom stereocenters. The summed E-state index contributed by atoms with van der Waals surface area (Å²) in [6.07, 6.45) is 21.7. The molecule has 2 aliphatic rings. The molecule has 0 heterocycles. The second kappa shape index (κ2) is 15.8. The standard InChI is InChI=1S/C21H32P.C9H7.2ClH.Zr/c1-3-5-7-11-15-22(16-12-8-6-4-2)21-17-19-13-9-10-14-20(19)18-21;1-2-5-9-7-3-6-8(9)4-1;;;/h9-10,13-14,17-18H,3-8,11-12,15-16H2,1-2H3;1-7H;2*1H;/q;;;;+2/p-2. The molecule has 182 valence electrons. The first-order valence-electron chi connectivity index (χ1n) is 12.9. The van der Waals surface area contributed by atoms with Crippen molar-refractivity contribution in [2.45, 2.75) is 72.5 Å². The molecule has 0 N–H and O–H groups in total. The van der Waals surface area contributed by atoms with Crippen LogP contribution in [0.1, 0.15) is 94.7 Å². The minimum absolute atomic E-state index is 0. The fourth-order valence-corrected chi connectivity index (χ4v) is 13.9. The van der Waals surface area contributed by atoms with Crippen LogP contribution in [0.5, 0.6) is 0 Å². The van der Waals surface area contributed by atoms with Crippen molar-refractivity contribution in [1.82, 2.24) is 0 Å². The number of hydrogen-bond acceptors (Lipinski definition) is 0. The summed E-state index contributed by atoms with van der Waals surface area (Å²) in [5.74, 6) is 0. The van der Waals surface area contributed by atoms with E-state index < -0.39 is 23.2 Å². The minimum Gasteiger partial charge on any atom is -1.00 e. The van der Waals surface area contributed by atoms with Gasteiger partial charge in [-0.25, -0.2) is 0 Å². The van der Waals surface area contributed by atoms with Gasteiger partial charge in [0.1, 0.15) is 0 Å². The third-order valence-electron chi connectivity index (χ3n) is 6.98. The Morgan fingerprint density at radius 3 is 1.94 bits per heavy atom. The minimum atomic E-state index is -0.703. The van der Waals surface area contributed by atoms with Gasteiger partial charge >= 0.3 is 210 Å². The van der Waals surface area contributed by atoms with Crippen LogP contribution in [0.15, 0.2) is 59.9 Å². The van der Waals surface area contributed by atoms with Gasteiger partial charge in [0.05, 0.1) is 0 Å². The van der Waals surface area contributed by atoms with Crippen molar-refractivity contribution in [3.63, 3.8) is 0 Å². The summed E-state index contributed by atoms with van der Waals surface area (Å²) in [5.41, 5.74) is 6.29. The maximum Gasteiger partial charge on any atom is -1.00 e. The molecular formula is C30H39Cl2PZr. The van der Waals surface area contributed by atoms with Crippen molar-refractivity contribution < 1.29 is 48.0 Å². The quantitative estimate of drug-likeness (QED) is 0.247. The predicted molar refractivity (Wildman–Crippen MR) is 140 cm³/mol. The van der Waals surface area contributed by atoms with Crippen LogP contribution in [0, 0.1) is 0 Å². The molecule has 2 aliphatic carbocycles. The summed E-state index contributed by atoms with van der Waals surface area (Å²) < 4.78 is 1.51. The second-order valence-corrected chi connectivity index (χ2v) is 15.6. The molecule has 0 nitrogen and oxygen atoms in total. The zero-order chi connectivity index (χ0) is 22.2. The Balaban J connectivity index is 0.00000204. The summed E-state index contributed by atoms with van der Waals surface area (Å²) in [7, 11) is 0.0113. The Kier molecular flexibility index (Phi) is 14.0. The molecule has 0 spiro atoms. The molecule has 0 fully saturated rings. The molecule has 0 saturated heterocycles. The Hall–Kier alpha value is -0.187. The molecule has 0 aliphatic heterocycles. The first-order valence-corrected chi connectivity index (χ1v) is 17.5. The van der Waals surface area contributed by atoms with Crippen LogP contribution >= 0.6 is 7.92 Å². The third kappa shape index (κ3) is 7.66. The molecule has 34 heavy (non-hydrogen) atoms. The van der Waals surface area contributed by atoms with Crippen molar-refractivity contribution in [2.75, 3.05) is 12.3 Å². The van der Waals surface area contributed by atoms with Crippen LogP contribution in [0.4, 0.5) is 0 Å². The molecule has 2 aromatic rings. The number of unbranched alkanes of at least 4 members (excludes halogenated alkanes) is 6. The summed E-state index contributed by atoms with van der Waals surface area (Å²) in [6, 6.07) is 18.5. The molecule has 0 amide bonds. The molecule has 0 bridgehead atoms. The molecule has 0 radical (unpaired) electrons. The average Bonchev–Trinajstić information content (AvgIpc) is 3.40. The predicted octanol–water partition coefficient (Wildman–Crippen LogP) is 3.58. The third-order valence-corrected chi connectivity index (χ3v) is 14.9. The van der Waals surface area contributed by atoms with E-state index in [0.717, 1.165) is 7.25 Å². The van der Waals surface area contributed by atoms with E-state index in [0.29, 0.717) is 0 Å². The van der Waals surface area contributed by atoms with Crippen LogP contribution in [-0.4, -0.2) is 12.3 Å². The van der Waals surface area contributed by atoms with Crippen molar-refractivity contribution in [2.24, 2.45) is 0 Å². The van der Waals surface area contributed by atoms with E-state index in [2.05, 4.69) is 80.6 Å². The van der Waals surface area contributed by atoms with E-state index in [1.165, 1.54) is 69.3 Å². The fourth-order valence-electron chi connectivity index (χ4n) is 5.16. The maximum absolute atomic E-state index is 2.66. The largest absolute Gasteiger partial charge is 1.00 e. The van der Waals surface area contributed by atoms with Gasteiger partial charge in [0.25, 0.3) is 0 Å². The number of halogens is 2. The topological polar surface area (TPSA) is 0 Å². The van der Waals surface area contributed by atoms with E-state index >= 15 is 0 Å². The fraction of sp³-hybridized carbons (Fsp3) is 0.467. The summed E-state index contributed by atoms with van der Waals surface area (Å²) in [5, 5.41) is 1.89. The van der Waals surface area contributed by atoms with Crippen LogP contribution in [-0.2, 0) is 23.2 Å². The Labute approximate surface area is 233 Å². The Bertz CT molecular complexity index is 927. The van der Waals surface area contributed by atoms with Gasteiger partial charge in [0.15, 0.2) is 0 Å². The van der Waals surface area contributed by atoms with E-state index in [9.17, 15) is 0 Å². The smallest absolute Gasteiger partial charge is 1.00 e. The normalized spacial score (nSPS) is 17.4. The van der Waals surface area contributed by atoms with Crippen LogP contribution < -0.4 is 24.8 Å². The molecule has 2 aromatic carbocycles. The SMILES string of the molecule is CCCCCCP(CCCCCC)C1=Cc2ccccc2[CH]1[Zr+2][CH]1C=Cc2ccccc21.[Cl-].[Cl-]. The van der Waals surface area contributed by atoms with Crippen molar-refractivity contribution in [1.29, 1.82) is 0 Å². The van der Waals surface area contributed by atoms with Crippen molar-refractivity contribution in [3.8, 4) is 0 Å². The van der Waals surface area contributed by atoms with Gasteiger partial charge in [-0.3, -0.25) is 0 Å². The molecule has 0 aromatic heterocycles. The number of hydrogen-bond donors (Lipinski definition) is 0. The number of rotatable bonds is 13. The number of allylic oxidation sites excluding steroid dienone is 2. The van der Waals surface area contributed by atoms with E-state index in [-0.39, 0.29) is 32.7 Å². The van der Waals surface area contributed by atoms with Gasteiger partial charge in [-0.15, -0.1) is 0 Å². The van der Waals surface area contributed by atoms with Gasteiger partial charge in [0, 0.05) is 0 Å². The average molecular weight is 593 g/mol. The molecular weight excluding hydrogens is 553 g/mol. The zero-order valence-corrected chi connectivity index (χ0v) is 25.6. The first kappa shape index (κ1) is 30.0. The van der Waals surface area contributed by atoms with Crippen LogP contribution in [0.2, 0.25) is 0 Å². The summed E-state index contributed by atoms with van der Waals surface area (Å²) in [6.45, 7) is 4.67. The Morgan fingerprint density at radius 1 is 0.706 bits per heavy atom. The Morgan fingerprint density at radius 2 is 1.29 bits per heavy atom. The van der Waals surface area contributed by atoms with Crippen LogP contribution in [0.25, 0.3) is 12.2 Å². The molecule has 0 saturated carbocycles. The summed E-state index contributed by atoms with van der Waals surface area (Å²) in [4.78, 5) is 0. The van der Waals surface area contributed by atoms with Crippen LogP contribution in [0.3, 0.4) is 0 Å². The molecule has 4 heteroatoms. The van der Waals surface area contributed by atoms with E-state index in [4.69, 9.17) is 0 Å². The monoisotopic (exact) mass is 590 g/mol. The van der Waals surface area contributed by atoms with Crippen molar-refractivity contribution in [3.05, 3.63) is 82.2 Å². The molecule has 4 rings (SSSR count). The second-order valence-electron chi connectivity index (χ2n) is 9.37. The first-order chi connectivity index (χ1) is 15.8. The van der Waals surface area contributed by atoms with Gasteiger partial charge in [-0.05, 0) is 0 Å². The van der Waals surface area contributed by atoms with E-state index in [1.807, 2.05) is 5.31 Å². The van der Waals surface area contributed by atoms with Gasteiger partial charge in [-0.1, -0.05) is 0 Å². The maximum atomic E-state index is 2.66. The van der Waals surface area contributed by atoms with Gasteiger partial charge < -0.3 is 24.8 Å². The summed E-state index contributed by atoms with van der Waals surface area (Å²) >= 11 is -0.703. The molecule has 2 unspecified atom stereocenters. The van der Waals surface area contributed by atoms with Gasteiger partial charge in [0.2, 0.25) is 0 Å². The zero-order valence-electron chi connectivity index (χ0n) is 20.8. The van der Waals surface area contributed by atoms with E-state index in [1.54, 1.807) is 16.7 Å². The van der Waals surface area contributed by atoms with Crippen molar-refractivity contribution >= 4 is 20.1 Å².